The van der Waals surface area contributed by atoms with Crippen LogP contribution >= 0.6 is 23.2 Å². The minimum atomic E-state index is -1.46. The van der Waals surface area contributed by atoms with E-state index in [9.17, 15) is 28.8 Å². The van der Waals surface area contributed by atoms with Crippen molar-refractivity contribution in [2.24, 2.45) is 5.92 Å². The second-order valence-electron chi connectivity index (χ2n) is 9.87. The van der Waals surface area contributed by atoms with Gasteiger partial charge < -0.3 is 30.2 Å². The molecule has 0 aliphatic rings. The minimum absolute atomic E-state index is 0.00542. The van der Waals surface area contributed by atoms with Crippen LogP contribution in [-0.4, -0.2) is 67.0 Å². The maximum Gasteiger partial charge on any atom is 0.408 e. The van der Waals surface area contributed by atoms with Crippen LogP contribution in [0, 0.1) is 5.92 Å². The number of alkyl carbamates (subject to hydrolysis) is 1. The van der Waals surface area contributed by atoms with Crippen molar-refractivity contribution in [1.82, 2.24) is 16.0 Å². The first-order valence-electron chi connectivity index (χ1n) is 13.7. The number of hydrogen-bond acceptors (Lipinski definition) is 9. The van der Waals surface area contributed by atoms with Gasteiger partial charge in [0.15, 0.2) is 12.4 Å². The summed E-state index contributed by atoms with van der Waals surface area (Å²) in [5, 5.41) is 7.38. The minimum Gasteiger partial charge on any atom is -0.466 e. The number of carbonyl (C=O) groups is 6. The number of esters is 2. The van der Waals surface area contributed by atoms with Gasteiger partial charge in [-0.3, -0.25) is 19.2 Å². The molecule has 14 heteroatoms. The van der Waals surface area contributed by atoms with E-state index in [1.807, 2.05) is 6.07 Å². The highest BCUT2D eigenvalue weighted by atomic mass is 35.5. The summed E-state index contributed by atoms with van der Waals surface area (Å²) in [5.74, 6) is -4.49. The van der Waals surface area contributed by atoms with Gasteiger partial charge in [0, 0.05) is 0 Å². The molecular formula is C30H35Cl2N3O9. The highest BCUT2D eigenvalue weighted by Crippen LogP contribution is 2.25. The molecule has 238 valence electrons. The third kappa shape index (κ3) is 11.5. The molecule has 0 spiro atoms. The van der Waals surface area contributed by atoms with E-state index in [1.54, 1.807) is 45.0 Å². The molecule has 2 aromatic carbocycles. The summed E-state index contributed by atoms with van der Waals surface area (Å²) in [6, 6.07) is 9.60. The maximum absolute atomic E-state index is 13.0. The second kappa shape index (κ2) is 17.8. The lowest BCUT2D eigenvalue weighted by atomic mass is 10.0. The van der Waals surface area contributed by atoms with Crippen LogP contribution in [0.3, 0.4) is 0 Å². The molecule has 0 heterocycles. The van der Waals surface area contributed by atoms with Crippen molar-refractivity contribution in [2.75, 3.05) is 13.2 Å². The summed E-state index contributed by atoms with van der Waals surface area (Å²) in [4.78, 5) is 75.9. The number of amides is 3. The molecule has 0 bridgehead atoms. The predicted molar refractivity (Wildman–Crippen MR) is 161 cm³/mol. The van der Waals surface area contributed by atoms with Crippen molar-refractivity contribution >= 4 is 58.8 Å². The van der Waals surface area contributed by atoms with Gasteiger partial charge in [-0.15, -0.1) is 0 Å². The van der Waals surface area contributed by atoms with E-state index >= 15 is 0 Å². The molecule has 44 heavy (non-hydrogen) atoms. The summed E-state index contributed by atoms with van der Waals surface area (Å²) in [5.41, 5.74) is 0.607. The van der Waals surface area contributed by atoms with Crippen molar-refractivity contribution in [3.05, 3.63) is 69.7 Å². The quantitative estimate of drug-likeness (QED) is 0.192. The second-order valence-corrected chi connectivity index (χ2v) is 10.7. The smallest absolute Gasteiger partial charge is 0.408 e. The van der Waals surface area contributed by atoms with E-state index in [4.69, 9.17) is 37.4 Å². The number of rotatable bonds is 15. The lowest BCUT2D eigenvalue weighted by Gasteiger charge is -2.24. The summed E-state index contributed by atoms with van der Waals surface area (Å²) in [6.07, 6.45) is -1.39. The maximum atomic E-state index is 13.0. The third-order valence-corrected chi connectivity index (χ3v) is 6.71. The summed E-state index contributed by atoms with van der Waals surface area (Å²) >= 11 is 12.0. The molecule has 0 unspecified atom stereocenters. The molecular weight excluding hydrogens is 617 g/mol. The SMILES string of the molecule is CCOC(=O)C[C@H](NC(=O)[C@@H](C)NC(=O)[C@@H](NC(=O)OCc1ccccc1)C(C)C)C(=O)COC(=O)c1c(Cl)cccc1Cl. The molecule has 3 atom stereocenters. The van der Waals surface area contributed by atoms with Gasteiger partial charge in [-0.2, -0.15) is 0 Å². The Balaban J connectivity index is 2.02. The fourth-order valence-corrected chi connectivity index (χ4v) is 4.28. The standard InChI is InChI=1S/C30H35Cl2N3O9/c1-5-42-24(37)14-22(23(36)16-43-29(40)25-20(31)12-9-13-21(25)32)34-27(38)18(4)33-28(39)26(17(2)3)35-30(41)44-15-19-10-7-6-8-11-19/h6-13,17-18,22,26H,5,14-16H2,1-4H3,(H,33,39)(H,34,38)(H,35,41)/t18-,22+,26+/m1/s1. The van der Waals surface area contributed by atoms with Crippen LogP contribution in [0.15, 0.2) is 48.5 Å². The molecule has 3 N–H and O–H groups in total. The molecule has 0 fully saturated rings. The first-order chi connectivity index (χ1) is 20.8. The zero-order chi connectivity index (χ0) is 32.8. The normalized spacial score (nSPS) is 12.7. The highest BCUT2D eigenvalue weighted by Gasteiger charge is 2.31. The Hall–Kier alpha value is -4.16. The van der Waals surface area contributed by atoms with Gasteiger partial charge in [-0.1, -0.05) is 73.4 Å². The number of carbonyl (C=O) groups excluding carboxylic acids is 6. The molecule has 0 aromatic heterocycles. The van der Waals surface area contributed by atoms with Crippen molar-refractivity contribution < 1.29 is 43.0 Å². The van der Waals surface area contributed by atoms with Crippen LogP contribution < -0.4 is 16.0 Å². The largest absolute Gasteiger partial charge is 0.466 e. The van der Waals surface area contributed by atoms with E-state index in [-0.39, 0.29) is 34.7 Å². The molecule has 3 amide bonds. The van der Waals surface area contributed by atoms with Crippen LogP contribution in [0.25, 0.3) is 0 Å². The van der Waals surface area contributed by atoms with E-state index in [1.165, 1.54) is 25.1 Å². The Morgan fingerprint density at radius 1 is 0.773 bits per heavy atom. The lowest BCUT2D eigenvalue weighted by molar-refractivity contribution is -0.146. The Morgan fingerprint density at radius 2 is 1.41 bits per heavy atom. The number of halogens is 2. The van der Waals surface area contributed by atoms with E-state index in [2.05, 4.69) is 16.0 Å². The summed E-state index contributed by atoms with van der Waals surface area (Å²) in [6.45, 7) is 5.50. The topological polar surface area (TPSA) is 166 Å². The van der Waals surface area contributed by atoms with E-state index in [0.717, 1.165) is 5.56 Å². The number of benzene rings is 2. The molecule has 12 nitrogen and oxygen atoms in total. The van der Waals surface area contributed by atoms with Crippen molar-refractivity contribution in [1.29, 1.82) is 0 Å². The van der Waals surface area contributed by atoms with Gasteiger partial charge in [-0.05, 0) is 37.5 Å². The molecule has 0 aliphatic carbocycles. The predicted octanol–water partition coefficient (Wildman–Crippen LogP) is 3.61. The Morgan fingerprint density at radius 3 is 2.00 bits per heavy atom. The molecule has 0 aliphatic heterocycles. The van der Waals surface area contributed by atoms with Crippen LogP contribution in [-0.2, 0) is 40.0 Å². The fraction of sp³-hybridized carbons (Fsp3) is 0.400. The molecule has 2 aromatic rings. The molecule has 0 radical (unpaired) electrons. The Bertz CT molecular complexity index is 1320. The van der Waals surface area contributed by atoms with Gasteiger partial charge in [0.05, 0.1) is 28.6 Å². The van der Waals surface area contributed by atoms with Crippen LogP contribution in [0.5, 0.6) is 0 Å². The average Bonchev–Trinajstić information content (AvgIpc) is 2.97. The Labute approximate surface area is 265 Å². The van der Waals surface area contributed by atoms with Gasteiger partial charge >= 0.3 is 18.0 Å². The van der Waals surface area contributed by atoms with Gasteiger partial charge in [0.1, 0.15) is 24.7 Å². The fourth-order valence-electron chi connectivity index (χ4n) is 3.73. The van der Waals surface area contributed by atoms with Crippen molar-refractivity contribution in [3.8, 4) is 0 Å². The molecule has 2 rings (SSSR count). The van der Waals surface area contributed by atoms with Crippen molar-refractivity contribution in [3.63, 3.8) is 0 Å². The van der Waals surface area contributed by atoms with Crippen LogP contribution in [0.2, 0.25) is 10.0 Å². The summed E-state index contributed by atoms with van der Waals surface area (Å²) in [7, 11) is 0. The molecule has 0 saturated carbocycles. The summed E-state index contributed by atoms with van der Waals surface area (Å²) < 4.78 is 15.1. The zero-order valence-electron chi connectivity index (χ0n) is 24.7. The number of nitrogens with one attached hydrogen (secondary N) is 3. The van der Waals surface area contributed by atoms with Gasteiger partial charge in [-0.25, -0.2) is 9.59 Å². The first kappa shape index (κ1) is 36.0. The van der Waals surface area contributed by atoms with Crippen LogP contribution in [0.1, 0.15) is 50.0 Å². The van der Waals surface area contributed by atoms with E-state index in [0.29, 0.717) is 0 Å². The average molecular weight is 653 g/mol. The van der Waals surface area contributed by atoms with Crippen molar-refractivity contribution in [2.45, 2.75) is 58.8 Å². The number of Topliss-reactive ketones (excluding diaryl/α,β-unsaturated/α-hetero) is 1. The Kier molecular flexibility index (Phi) is 14.6. The molecule has 0 saturated heterocycles. The number of ketones is 1. The third-order valence-electron chi connectivity index (χ3n) is 6.08. The highest BCUT2D eigenvalue weighted by molar-refractivity contribution is 6.39. The van der Waals surface area contributed by atoms with Crippen LogP contribution in [0.4, 0.5) is 4.79 Å². The monoisotopic (exact) mass is 651 g/mol. The van der Waals surface area contributed by atoms with Gasteiger partial charge in [0.2, 0.25) is 11.8 Å². The number of hydrogen-bond donors (Lipinski definition) is 3. The first-order valence-corrected chi connectivity index (χ1v) is 14.5. The zero-order valence-corrected chi connectivity index (χ0v) is 26.2. The van der Waals surface area contributed by atoms with E-state index < -0.39 is 66.8 Å². The van der Waals surface area contributed by atoms with Gasteiger partial charge in [0.25, 0.3) is 0 Å². The number of ether oxygens (including phenoxy) is 3. The lowest BCUT2D eigenvalue weighted by Crippen LogP contribution is -2.56.